The van der Waals surface area contributed by atoms with Gasteiger partial charge in [-0.25, -0.2) is 9.59 Å². The number of aromatic nitrogens is 4. The number of carboxylic acid groups (broad SMARTS) is 1. The molecule has 0 aliphatic rings. The summed E-state index contributed by atoms with van der Waals surface area (Å²) in [5.41, 5.74) is 2.75. The van der Waals surface area contributed by atoms with Crippen molar-refractivity contribution in [3.8, 4) is 0 Å². The van der Waals surface area contributed by atoms with Crippen molar-refractivity contribution in [2.24, 2.45) is 21.1 Å². The number of hydrogen-bond donors (Lipinski definition) is 2. The summed E-state index contributed by atoms with van der Waals surface area (Å²) in [6.07, 6.45) is 6.13. The number of aromatic carboxylic acids is 1. The fourth-order valence-corrected chi connectivity index (χ4v) is 4.60. The minimum absolute atomic E-state index is 0. The molecule has 4 aromatic rings. The summed E-state index contributed by atoms with van der Waals surface area (Å²) in [5.74, 6) is -1.45. The molecule has 0 spiro atoms. The molecule has 0 aliphatic carbocycles. The second-order valence-electron chi connectivity index (χ2n) is 9.54. The van der Waals surface area contributed by atoms with Gasteiger partial charge in [0.1, 0.15) is 0 Å². The van der Waals surface area contributed by atoms with Crippen LogP contribution in [-0.4, -0.2) is 51.3 Å². The standard InChI is InChI=1S/C9H11NO3.C8H9NO3.C7H8BrNO.C6H6BrNO.2CH3.B.H/c1-6-4-7(9(12)13-3)5-10(2)8(6)11;1-5-3-6(8(11)12)4-9(2)7(5)10;1-5-3-6(8)4-9(2)7(5)10;1-4-2-5(7)3-8-6(4)9;;;;/h4-5H,1-3H3;3-4H,1-2H3,(H,11,12);3-4H,1-2H3;2-3H,1H3,(H,8,9);2*1H3;;/q;;;;4*-1/i;;;;;;;1+1. The summed E-state index contributed by atoms with van der Waals surface area (Å²) in [4.78, 5) is 68.3. The number of nitrogens with one attached hydrogen (secondary N) is 1. The topological polar surface area (TPSA) is 162 Å². The molecule has 0 atom stereocenters. The number of ether oxygens (including phenoxy) is 1. The molecule has 0 bridgehead atoms. The maximum Gasteiger partial charge on any atom is 0.339 e. The molecular formula is C32H41BBr2N4O8-4. The minimum atomic E-state index is -1.02. The minimum Gasteiger partial charge on any atom is -1.00 e. The highest BCUT2D eigenvalue weighted by atomic mass is 79.9. The van der Waals surface area contributed by atoms with E-state index in [1.807, 2.05) is 6.07 Å². The van der Waals surface area contributed by atoms with Gasteiger partial charge in [-0.15, -0.1) is 0 Å². The first-order chi connectivity index (χ1) is 20.4. The summed E-state index contributed by atoms with van der Waals surface area (Å²) in [6, 6.07) is 6.47. The van der Waals surface area contributed by atoms with Crippen LogP contribution in [0.15, 0.2) is 77.2 Å². The van der Waals surface area contributed by atoms with Crippen LogP contribution in [-0.2, 0) is 25.9 Å². The fraction of sp³-hybridized carbons (Fsp3) is 0.250. The van der Waals surface area contributed by atoms with E-state index in [9.17, 15) is 28.8 Å². The molecule has 4 heterocycles. The molecule has 12 nitrogen and oxygen atoms in total. The zero-order valence-corrected chi connectivity index (χ0v) is 31.3. The van der Waals surface area contributed by atoms with Gasteiger partial charge < -0.3 is 53.2 Å². The number of rotatable bonds is 2. The smallest absolute Gasteiger partial charge is 0.339 e. The molecule has 4 aromatic heterocycles. The van der Waals surface area contributed by atoms with E-state index in [1.165, 1.54) is 47.8 Å². The van der Waals surface area contributed by atoms with Crippen LogP contribution in [0.3, 0.4) is 0 Å². The fourth-order valence-electron chi connectivity index (χ4n) is 3.49. The molecular weight excluding hydrogens is 739 g/mol. The van der Waals surface area contributed by atoms with Crippen molar-refractivity contribution < 1.29 is 20.9 Å². The van der Waals surface area contributed by atoms with Gasteiger partial charge in [0.15, 0.2) is 0 Å². The van der Waals surface area contributed by atoms with Crippen LogP contribution >= 0.6 is 31.9 Å². The zero-order chi connectivity index (χ0) is 33.9. The van der Waals surface area contributed by atoms with Crippen LogP contribution in [0.4, 0.5) is 0 Å². The number of carboxylic acids is 1. The van der Waals surface area contributed by atoms with E-state index in [0.29, 0.717) is 16.7 Å². The molecule has 47 heavy (non-hydrogen) atoms. The third kappa shape index (κ3) is 14.8. The first-order valence-corrected chi connectivity index (χ1v) is 14.3. The van der Waals surface area contributed by atoms with Crippen LogP contribution in [0.1, 0.15) is 44.4 Å². The molecule has 0 amide bonds. The largest absolute Gasteiger partial charge is 1.00 e. The number of nitrogens with zero attached hydrogens (tertiary/aromatic N) is 3. The van der Waals surface area contributed by atoms with E-state index >= 15 is 0 Å². The Labute approximate surface area is 294 Å². The molecule has 258 valence electrons. The summed E-state index contributed by atoms with van der Waals surface area (Å²) >= 11 is 6.51. The monoisotopic (exact) mass is 779 g/mol. The lowest BCUT2D eigenvalue weighted by Crippen LogP contribution is -2.20. The van der Waals surface area contributed by atoms with E-state index in [4.69, 9.17) is 5.11 Å². The average Bonchev–Trinajstić information content (AvgIpc) is 2.95. The van der Waals surface area contributed by atoms with Gasteiger partial charge in [0, 0.05) is 77.1 Å². The Morgan fingerprint density at radius 1 is 0.702 bits per heavy atom. The molecule has 2 N–H and O–H groups in total. The molecule has 15 heteroatoms. The Bertz CT molecular complexity index is 1820. The number of halogens is 2. The Balaban J connectivity index is -0.000000264. The molecule has 0 aliphatic heterocycles. The van der Waals surface area contributed by atoms with E-state index in [-0.39, 0.29) is 52.5 Å². The molecule has 4 rings (SSSR count). The summed E-state index contributed by atoms with van der Waals surface area (Å²) in [7, 11) is 6.17. The van der Waals surface area contributed by atoms with Crippen molar-refractivity contribution in [1.29, 1.82) is 0 Å². The van der Waals surface area contributed by atoms with Crippen molar-refractivity contribution in [2.75, 3.05) is 7.11 Å². The Kier molecular flexibility index (Phi) is 21.6. The van der Waals surface area contributed by atoms with E-state index in [0.717, 1.165) is 20.1 Å². The number of aromatic amines is 1. The van der Waals surface area contributed by atoms with Crippen molar-refractivity contribution in [2.45, 2.75) is 27.7 Å². The highest BCUT2D eigenvalue weighted by Gasteiger charge is 2.08. The van der Waals surface area contributed by atoms with Gasteiger partial charge in [-0.1, -0.05) is 0 Å². The van der Waals surface area contributed by atoms with E-state index < -0.39 is 11.9 Å². The first-order valence-electron chi connectivity index (χ1n) is 12.7. The van der Waals surface area contributed by atoms with Crippen LogP contribution in [0.5, 0.6) is 0 Å². The first kappa shape index (κ1) is 47.2. The van der Waals surface area contributed by atoms with Crippen LogP contribution in [0, 0.1) is 42.5 Å². The Hall–Kier alpha value is -4.24. The van der Waals surface area contributed by atoms with Gasteiger partial charge in [-0.3, -0.25) is 19.2 Å². The van der Waals surface area contributed by atoms with Crippen molar-refractivity contribution in [1.82, 2.24) is 18.7 Å². The second kappa shape index (κ2) is 21.5. The third-order valence-electron chi connectivity index (χ3n) is 5.78. The van der Waals surface area contributed by atoms with Gasteiger partial charge in [-0.2, -0.15) is 0 Å². The van der Waals surface area contributed by atoms with Crippen LogP contribution in [0.25, 0.3) is 0 Å². The summed E-state index contributed by atoms with van der Waals surface area (Å²) in [6.45, 7) is 6.82. The van der Waals surface area contributed by atoms with Gasteiger partial charge in [0.05, 0.1) is 18.2 Å². The van der Waals surface area contributed by atoms with Crippen LogP contribution < -0.4 is 22.2 Å². The molecule has 4 radical (unpaired) electrons. The molecule has 0 saturated carbocycles. The van der Waals surface area contributed by atoms with Crippen LogP contribution in [0.2, 0.25) is 0 Å². The lowest BCUT2D eigenvalue weighted by atomic mass is 10.2. The van der Waals surface area contributed by atoms with Crippen molar-refractivity contribution in [3.63, 3.8) is 0 Å². The lowest BCUT2D eigenvalue weighted by Gasteiger charge is -2.03. The number of hydrogen-bond acceptors (Lipinski definition) is 7. The van der Waals surface area contributed by atoms with Gasteiger partial charge >= 0.3 is 11.9 Å². The quantitative estimate of drug-likeness (QED) is 0.172. The third-order valence-corrected chi connectivity index (χ3v) is 6.67. The normalized spacial score (nSPS) is 9.15. The molecule has 0 saturated heterocycles. The molecule has 0 fully saturated rings. The Morgan fingerprint density at radius 3 is 1.45 bits per heavy atom. The lowest BCUT2D eigenvalue weighted by molar-refractivity contribution is 0.0598. The van der Waals surface area contributed by atoms with Gasteiger partial charge in [0.25, 0.3) is 22.2 Å². The van der Waals surface area contributed by atoms with Gasteiger partial charge in [0.2, 0.25) is 0 Å². The maximum absolute atomic E-state index is 11.2. The highest BCUT2D eigenvalue weighted by molar-refractivity contribution is 9.10. The number of H-pyrrole nitrogens is 1. The van der Waals surface area contributed by atoms with Crippen molar-refractivity contribution in [3.05, 3.63) is 148 Å². The number of carbonyl (C=O) groups is 2. The summed E-state index contributed by atoms with van der Waals surface area (Å²) in [5, 5.41) is 8.61. The Morgan fingerprint density at radius 2 is 1.09 bits per heavy atom. The maximum atomic E-state index is 11.2. The second-order valence-corrected chi connectivity index (χ2v) is 11.4. The predicted octanol–water partition coefficient (Wildman–Crippen LogP) is 4.41. The van der Waals surface area contributed by atoms with E-state index in [2.05, 4.69) is 41.6 Å². The van der Waals surface area contributed by atoms with Crippen molar-refractivity contribution >= 4 is 52.2 Å². The molecule has 0 aromatic carbocycles. The average molecular weight is 781 g/mol. The number of esters is 1. The highest BCUT2D eigenvalue weighted by Crippen LogP contribution is 2.07. The number of aryl methyl sites for hydroxylation is 7. The predicted molar refractivity (Wildman–Crippen MR) is 194 cm³/mol. The zero-order valence-electron chi connectivity index (χ0n) is 29.1. The van der Waals surface area contributed by atoms with Gasteiger partial charge in [-0.05, 0) is 83.8 Å². The van der Waals surface area contributed by atoms with E-state index in [1.54, 1.807) is 64.8 Å². The number of carbonyl (C=O) groups excluding carboxylic acids is 1. The summed E-state index contributed by atoms with van der Waals surface area (Å²) < 4.78 is 10.6. The number of pyridine rings is 4. The molecule has 0 unspecified atom stereocenters. The number of methoxy groups -OCH3 is 1. The SMILES string of the molecule is COC(=O)c1cc(C)c(=O)n(C)c1.Cc1cc(Br)c[nH]c1=O.Cc1cc(Br)cn(C)c1=O.Cc1cc(C(=O)O)cn(C)c1=O.[2H-].[B-].[CH3-].[CH3-].